The summed E-state index contributed by atoms with van der Waals surface area (Å²) in [5.74, 6) is 2.50. The van der Waals surface area contributed by atoms with Gasteiger partial charge in [0.25, 0.3) is 0 Å². The Balaban J connectivity index is 1.49. The largest absolute Gasteiger partial charge is 0.489 e. The number of pyridine rings is 1. The fourth-order valence-electron chi connectivity index (χ4n) is 3.78. The third-order valence-corrected chi connectivity index (χ3v) is 5.45. The van der Waals surface area contributed by atoms with E-state index in [1.165, 1.54) is 19.3 Å². The van der Waals surface area contributed by atoms with Gasteiger partial charge in [-0.15, -0.1) is 0 Å². The van der Waals surface area contributed by atoms with Crippen molar-refractivity contribution in [3.05, 3.63) is 41.3 Å². The molecule has 4 rings (SSSR count). The van der Waals surface area contributed by atoms with Crippen LogP contribution in [0.15, 0.2) is 28.9 Å². The van der Waals surface area contributed by atoms with E-state index in [4.69, 9.17) is 19.0 Å². The Hall–Kier alpha value is -3.16. The van der Waals surface area contributed by atoms with E-state index in [1.54, 1.807) is 12.3 Å². The normalized spacial score (nSPS) is 14.4. The van der Waals surface area contributed by atoms with Crippen LogP contribution in [0.2, 0.25) is 0 Å². The number of ether oxygens (including phenoxy) is 2. The topological polar surface area (TPSA) is 95.2 Å². The summed E-state index contributed by atoms with van der Waals surface area (Å²) in [6.07, 6.45) is 7.96. The van der Waals surface area contributed by atoms with Gasteiger partial charge in [-0.2, -0.15) is 4.98 Å². The second-order valence-corrected chi connectivity index (χ2v) is 7.74. The first-order valence-corrected chi connectivity index (χ1v) is 10.9. The second kappa shape index (κ2) is 9.76. The highest BCUT2D eigenvalue weighted by molar-refractivity contribution is 5.59. The van der Waals surface area contributed by atoms with Gasteiger partial charge < -0.3 is 19.3 Å². The van der Waals surface area contributed by atoms with E-state index in [9.17, 15) is 0 Å². The molecule has 3 heterocycles. The Morgan fingerprint density at radius 1 is 1.06 bits per heavy atom. The fraction of sp³-hybridized carbons (Fsp3) is 0.478. The van der Waals surface area contributed by atoms with Gasteiger partial charge in [0.05, 0.1) is 24.1 Å². The van der Waals surface area contributed by atoms with Gasteiger partial charge in [-0.05, 0) is 58.6 Å². The van der Waals surface area contributed by atoms with Crippen molar-refractivity contribution >= 4 is 5.95 Å². The third-order valence-electron chi connectivity index (χ3n) is 5.45. The quantitative estimate of drug-likeness (QED) is 0.548. The summed E-state index contributed by atoms with van der Waals surface area (Å²) < 4.78 is 17.3. The maximum absolute atomic E-state index is 6.20. The zero-order chi connectivity index (χ0) is 21.6. The number of nitrogens with zero attached hydrogens (tertiary/aromatic N) is 4. The van der Waals surface area contributed by atoms with E-state index >= 15 is 0 Å². The average molecular weight is 424 g/mol. The van der Waals surface area contributed by atoms with Crippen LogP contribution in [0.3, 0.4) is 0 Å². The summed E-state index contributed by atoms with van der Waals surface area (Å²) in [5.41, 5.74) is 3.29. The van der Waals surface area contributed by atoms with E-state index in [0.29, 0.717) is 36.8 Å². The molecule has 0 radical (unpaired) electrons. The van der Waals surface area contributed by atoms with Crippen LogP contribution in [-0.4, -0.2) is 32.8 Å². The Labute approximate surface area is 182 Å². The van der Waals surface area contributed by atoms with Crippen LogP contribution in [0.1, 0.15) is 56.0 Å². The van der Waals surface area contributed by atoms with Gasteiger partial charge >= 0.3 is 0 Å². The summed E-state index contributed by atoms with van der Waals surface area (Å²) in [7, 11) is 0. The highest BCUT2D eigenvalue weighted by Crippen LogP contribution is 2.30. The number of aryl methyl sites for hydroxylation is 2. The molecule has 0 spiro atoms. The molecule has 1 aliphatic rings. The molecule has 0 unspecified atom stereocenters. The molecule has 3 aromatic heterocycles. The Kier molecular flexibility index (Phi) is 6.64. The number of rotatable bonds is 8. The summed E-state index contributed by atoms with van der Waals surface area (Å²) >= 11 is 0. The van der Waals surface area contributed by atoms with Gasteiger partial charge in [0.15, 0.2) is 5.76 Å². The van der Waals surface area contributed by atoms with Crippen molar-refractivity contribution < 1.29 is 14.0 Å². The molecule has 1 aliphatic carbocycles. The van der Waals surface area contributed by atoms with Crippen molar-refractivity contribution in [2.45, 2.75) is 65.5 Å². The molecule has 31 heavy (non-hydrogen) atoms. The number of hydrogen-bond donors (Lipinski definition) is 1. The van der Waals surface area contributed by atoms with Crippen LogP contribution in [-0.2, 0) is 6.54 Å². The van der Waals surface area contributed by atoms with Crippen molar-refractivity contribution in [1.82, 2.24) is 20.1 Å². The van der Waals surface area contributed by atoms with Crippen LogP contribution in [0.4, 0.5) is 5.95 Å². The molecule has 1 saturated carbocycles. The highest BCUT2D eigenvalue weighted by atomic mass is 16.5. The second-order valence-electron chi connectivity index (χ2n) is 7.74. The molecule has 0 bridgehead atoms. The fourth-order valence-corrected chi connectivity index (χ4v) is 3.78. The minimum absolute atomic E-state index is 0.292. The summed E-state index contributed by atoms with van der Waals surface area (Å²) in [6, 6.07) is 5.64. The lowest BCUT2D eigenvalue weighted by atomic mass is 9.98. The van der Waals surface area contributed by atoms with Gasteiger partial charge in [-0.1, -0.05) is 11.6 Å². The Morgan fingerprint density at radius 3 is 2.68 bits per heavy atom. The molecule has 0 aliphatic heterocycles. The lowest BCUT2D eigenvalue weighted by Gasteiger charge is -2.23. The molecule has 8 nitrogen and oxygen atoms in total. The molecule has 8 heteroatoms. The minimum atomic E-state index is 0.292. The molecule has 0 aromatic carbocycles. The number of anilines is 1. The predicted octanol–water partition coefficient (Wildman–Crippen LogP) is 4.87. The van der Waals surface area contributed by atoms with E-state index in [2.05, 4.69) is 20.4 Å². The average Bonchev–Trinajstić information content (AvgIpc) is 3.15. The lowest BCUT2D eigenvalue weighted by molar-refractivity contribution is 0.153. The molecular formula is C23H29N5O3. The van der Waals surface area contributed by atoms with Crippen LogP contribution < -0.4 is 14.8 Å². The van der Waals surface area contributed by atoms with Crippen LogP contribution in [0.5, 0.6) is 11.6 Å². The van der Waals surface area contributed by atoms with Gasteiger partial charge in [0.2, 0.25) is 11.8 Å². The van der Waals surface area contributed by atoms with Crippen LogP contribution >= 0.6 is 0 Å². The predicted molar refractivity (Wildman–Crippen MR) is 117 cm³/mol. The van der Waals surface area contributed by atoms with E-state index in [0.717, 1.165) is 41.2 Å². The van der Waals surface area contributed by atoms with E-state index in [1.807, 2.05) is 32.9 Å². The Morgan fingerprint density at radius 2 is 1.90 bits per heavy atom. The first kappa shape index (κ1) is 21.1. The van der Waals surface area contributed by atoms with Gasteiger partial charge in [0, 0.05) is 24.4 Å². The van der Waals surface area contributed by atoms with Crippen molar-refractivity contribution in [1.29, 1.82) is 0 Å². The van der Waals surface area contributed by atoms with Gasteiger partial charge in [0.1, 0.15) is 11.4 Å². The molecular weight excluding hydrogens is 394 g/mol. The number of hydrogen-bond acceptors (Lipinski definition) is 8. The van der Waals surface area contributed by atoms with Gasteiger partial charge in [-0.25, -0.2) is 9.97 Å². The first-order valence-electron chi connectivity index (χ1n) is 10.9. The summed E-state index contributed by atoms with van der Waals surface area (Å²) in [5, 5.41) is 7.37. The SMILES string of the molecule is CCOc1ccnc(NCc2c(C)noc2-c2ccc(OC3CCCCC3)c(C)n2)n1. The maximum atomic E-state index is 6.20. The molecule has 1 N–H and O–H groups in total. The lowest BCUT2D eigenvalue weighted by Crippen LogP contribution is -2.20. The van der Waals surface area contributed by atoms with E-state index < -0.39 is 0 Å². The van der Waals surface area contributed by atoms with Gasteiger partial charge in [-0.3, -0.25) is 0 Å². The van der Waals surface area contributed by atoms with Crippen molar-refractivity contribution in [3.8, 4) is 23.1 Å². The highest BCUT2D eigenvalue weighted by Gasteiger charge is 2.20. The number of nitrogens with one attached hydrogen (secondary N) is 1. The van der Waals surface area contributed by atoms with Crippen molar-refractivity contribution in [3.63, 3.8) is 0 Å². The summed E-state index contributed by atoms with van der Waals surface area (Å²) in [4.78, 5) is 13.3. The zero-order valence-electron chi connectivity index (χ0n) is 18.4. The molecule has 0 atom stereocenters. The maximum Gasteiger partial charge on any atom is 0.226 e. The van der Waals surface area contributed by atoms with Crippen molar-refractivity contribution in [2.24, 2.45) is 0 Å². The summed E-state index contributed by atoms with van der Waals surface area (Å²) in [6.45, 7) is 6.81. The first-order chi connectivity index (χ1) is 15.1. The monoisotopic (exact) mass is 423 g/mol. The number of aromatic nitrogens is 4. The Bertz CT molecular complexity index is 1010. The molecule has 0 saturated heterocycles. The molecule has 0 amide bonds. The van der Waals surface area contributed by atoms with Crippen LogP contribution in [0.25, 0.3) is 11.5 Å². The van der Waals surface area contributed by atoms with E-state index in [-0.39, 0.29) is 0 Å². The standard InChI is InChI=1S/C23H29N5O3/c1-4-29-21-12-13-24-23(27-21)25-14-18-15(2)28-31-22(18)19-10-11-20(16(3)26-19)30-17-8-6-5-7-9-17/h10-13,17H,4-9,14H2,1-3H3,(H,24,25,27). The van der Waals surface area contributed by atoms with Crippen LogP contribution in [0, 0.1) is 13.8 Å². The minimum Gasteiger partial charge on any atom is -0.489 e. The molecule has 1 fully saturated rings. The third kappa shape index (κ3) is 5.13. The molecule has 3 aromatic rings. The molecule has 164 valence electrons. The van der Waals surface area contributed by atoms with Crippen molar-refractivity contribution in [2.75, 3.05) is 11.9 Å². The zero-order valence-corrected chi connectivity index (χ0v) is 18.4. The smallest absolute Gasteiger partial charge is 0.226 e.